The molecular formula is C14H15F3N2O2S. The van der Waals surface area contributed by atoms with Crippen molar-refractivity contribution in [3.05, 3.63) is 28.3 Å². The maximum Gasteiger partial charge on any atom is 0.452 e. The molecule has 0 saturated heterocycles. The largest absolute Gasteiger partial charge is 0.452 e. The Morgan fingerprint density at radius 1 is 1.45 bits per heavy atom. The number of rotatable bonds is 5. The molecule has 0 radical (unpaired) electrons. The zero-order valence-electron chi connectivity index (χ0n) is 11.8. The van der Waals surface area contributed by atoms with Crippen molar-refractivity contribution >= 4 is 11.3 Å². The van der Waals surface area contributed by atoms with Gasteiger partial charge in [0.2, 0.25) is 5.76 Å². The lowest BCUT2D eigenvalue weighted by molar-refractivity contribution is -0.156. The molecule has 2 N–H and O–H groups in total. The smallest absolute Gasteiger partial charge is 0.373 e. The zero-order valence-corrected chi connectivity index (χ0v) is 12.6. The fourth-order valence-electron chi connectivity index (χ4n) is 2.16. The third-order valence-electron chi connectivity index (χ3n) is 3.61. The number of thiophene rings is 1. The molecule has 1 aliphatic rings. The molecule has 22 heavy (non-hydrogen) atoms. The number of aromatic nitrogens is 1. The molecule has 0 aromatic carbocycles. The lowest BCUT2D eigenvalue weighted by Crippen LogP contribution is -2.22. The van der Waals surface area contributed by atoms with E-state index in [9.17, 15) is 18.3 Å². The highest BCUT2D eigenvalue weighted by Crippen LogP contribution is 2.39. The predicted octanol–water partition coefficient (Wildman–Crippen LogP) is 3.72. The van der Waals surface area contributed by atoms with Crippen LogP contribution >= 0.6 is 11.3 Å². The molecule has 2 aromatic heterocycles. The second-order valence-electron chi connectivity index (χ2n) is 5.44. The fourth-order valence-corrected chi connectivity index (χ4v) is 3.17. The molecule has 1 saturated carbocycles. The van der Waals surface area contributed by atoms with Crippen LogP contribution < -0.4 is 5.32 Å². The van der Waals surface area contributed by atoms with Crippen molar-refractivity contribution in [1.29, 1.82) is 0 Å². The summed E-state index contributed by atoms with van der Waals surface area (Å²) in [5, 5.41) is 16.6. The number of nitrogens with zero attached hydrogens (tertiary/aromatic N) is 1. The third-order valence-corrected chi connectivity index (χ3v) is 4.75. The third kappa shape index (κ3) is 3.18. The molecule has 0 bridgehead atoms. The summed E-state index contributed by atoms with van der Waals surface area (Å²) in [5.74, 6) is -0.453. The first kappa shape index (κ1) is 15.5. The van der Waals surface area contributed by atoms with Gasteiger partial charge in [-0.05, 0) is 37.8 Å². The van der Waals surface area contributed by atoms with Crippen LogP contribution in [0.5, 0.6) is 0 Å². The number of hydrogen-bond acceptors (Lipinski definition) is 5. The van der Waals surface area contributed by atoms with Crippen LogP contribution in [0.3, 0.4) is 0 Å². The lowest BCUT2D eigenvalue weighted by atomic mass is 10.2. The minimum absolute atomic E-state index is 0.0404. The van der Waals surface area contributed by atoms with Crippen molar-refractivity contribution < 1.29 is 22.8 Å². The summed E-state index contributed by atoms with van der Waals surface area (Å²) in [7, 11) is 0. The van der Waals surface area contributed by atoms with Crippen LogP contribution in [0.2, 0.25) is 0 Å². The monoisotopic (exact) mass is 332 g/mol. The number of aliphatic hydroxyl groups excluding tert-OH is 1. The summed E-state index contributed by atoms with van der Waals surface area (Å²) in [6.45, 7) is 2.07. The van der Waals surface area contributed by atoms with Crippen molar-refractivity contribution in [2.45, 2.75) is 32.2 Å². The van der Waals surface area contributed by atoms with Crippen molar-refractivity contribution in [3.8, 4) is 10.6 Å². The number of halogens is 3. The minimum Gasteiger partial charge on any atom is -0.373 e. The summed E-state index contributed by atoms with van der Waals surface area (Å²) in [6.07, 6.45) is -3.02. The molecule has 0 aliphatic heterocycles. The lowest BCUT2D eigenvalue weighted by Gasteiger charge is -2.09. The molecule has 1 aliphatic carbocycles. The Labute approximate surface area is 128 Å². The Morgan fingerprint density at radius 2 is 2.18 bits per heavy atom. The Balaban J connectivity index is 1.77. The van der Waals surface area contributed by atoms with Crippen molar-refractivity contribution in [3.63, 3.8) is 0 Å². The van der Waals surface area contributed by atoms with E-state index in [4.69, 9.17) is 0 Å². The second kappa shape index (κ2) is 5.68. The Bertz CT molecular complexity index is 661. The highest BCUT2D eigenvalue weighted by atomic mass is 32.1. The first-order chi connectivity index (χ1) is 10.4. The topological polar surface area (TPSA) is 58.3 Å². The molecule has 3 rings (SSSR count). The molecule has 1 atom stereocenters. The van der Waals surface area contributed by atoms with Gasteiger partial charge in [0.1, 0.15) is 11.9 Å². The van der Waals surface area contributed by atoms with E-state index >= 15 is 0 Å². The number of nitrogens with one attached hydrogen (secondary N) is 1. The van der Waals surface area contributed by atoms with Crippen LogP contribution in [0.25, 0.3) is 10.6 Å². The van der Waals surface area contributed by atoms with Gasteiger partial charge in [-0.2, -0.15) is 13.2 Å². The Morgan fingerprint density at radius 3 is 2.77 bits per heavy atom. The first-order valence-corrected chi connectivity index (χ1v) is 7.73. The van der Waals surface area contributed by atoms with Gasteiger partial charge >= 0.3 is 6.18 Å². The van der Waals surface area contributed by atoms with Gasteiger partial charge in [-0.1, -0.05) is 5.16 Å². The highest BCUT2D eigenvalue weighted by Gasteiger charge is 2.39. The molecule has 0 spiro atoms. The SMILES string of the molecule is Cc1c(-c2ccc(C(O)NCC3CC3)s2)noc1C(F)(F)F. The van der Waals surface area contributed by atoms with Gasteiger partial charge in [-0.15, -0.1) is 11.3 Å². The van der Waals surface area contributed by atoms with Crippen LogP contribution in [-0.4, -0.2) is 16.8 Å². The van der Waals surface area contributed by atoms with E-state index in [0.29, 0.717) is 15.7 Å². The summed E-state index contributed by atoms with van der Waals surface area (Å²) in [4.78, 5) is 1.19. The zero-order chi connectivity index (χ0) is 15.9. The van der Waals surface area contributed by atoms with Gasteiger partial charge in [0, 0.05) is 17.0 Å². The van der Waals surface area contributed by atoms with Gasteiger partial charge in [-0.3, -0.25) is 5.32 Å². The second-order valence-corrected chi connectivity index (χ2v) is 6.55. The van der Waals surface area contributed by atoms with Crippen molar-refractivity contribution in [1.82, 2.24) is 10.5 Å². The minimum atomic E-state index is -4.55. The van der Waals surface area contributed by atoms with Crippen molar-refractivity contribution in [2.75, 3.05) is 6.54 Å². The van der Waals surface area contributed by atoms with Gasteiger partial charge in [0.15, 0.2) is 0 Å². The van der Waals surface area contributed by atoms with E-state index in [0.717, 1.165) is 6.54 Å². The molecule has 1 fully saturated rings. The van der Waals surface area contributed by atoms with E-state index in [1.807, 2.05) is 0 Å². The molecule has 2 heterocycles. The van der Waals surface area contributed by atoms with Crippen LogP contribution in [0.15, 0.2) is 16.7 Å². The number of aliphatic hydroxyl groups is 1. The molecule has 8 heteroatoms. The maximum absolute atomic E-state index is 12.7. The quantitative estimate of drug-likeness (QED) is 0.819. The average Bonchev–Trinajstić information content (AvgIpc) is 2.98. The number of hydrogen-bond donors (Lipinski definition) is 2. The Kier molecular flexibility index (Phi) is 4.00. The van der Waals surface area contributed by atoms with Crippen LogP contribution in [-0.2, 0) is 6.18 Å². The van der Waals surface area contributed by atoms with E-state index in [-0.39, 0.29) is 11.3 Å². The molecule has 2 aromatic rings. The summed E-state index contributed by atoms with van der Waals surface area (Å²) >= 11 is 1.20. The molecule has 0 amide bonds. The standard InChI is InChI=1S/C14H15F3N2O2S/c1-7-11(19-21-12(7)14(15,16)17)9-4-5-10(22-9)13(20)18-6-8-2-3-8/h4-5,8,13,18,20H,2-3,6H2,1H3. The normalized spacial score (nSPS) is 17.0. The van der Waals surface area contributed by atoms with Crippen LogP contribution in [0.1, 0.15) is 35.3 Å². The predicted molar refractivity (Wildman–Crippen MR) is 75.2 cm³/mol. The first-order valence-electron chi connectivity index (χ1n) is 6.91. The Hall–Kier alpha value is -1.38. The van der Waals surface area contributed by atoms with E-state index in [2.05, 4.69) is 15.0 Å². The molecule has 120 valence electrons. The van der Waals surface area contributed by atoms with E-state index in [1.165, 1.54) is 31.1 Å². The fraction of sp³-hybridized carbons (Fsp3) is 0.500. The summed E-state index contributed by atoms with van der Waals surface area (Å²) in [5.41, 5.74) is 0.124. The molecular weight excluding hydrogens is 317 g/mol. The van der Waals surface area contributed by atoms with Gasteiger partial charge in [-0.25, -0.2) is 0 Å². The van der Waals surface area contributed by atoms with E-state index in [1.54, 1.807) is 12.1 Å². The van der Waals surface area contributed by atoms with Crippen LogP contribution in [0.4, 0.5) is 13.2 Å². The molecule has 1 unspecified atom stereocenters. The summed E-state index contributed by atoms with van der Waals surface area (Å²) in [6, 6.07) is 3.33. The highest BCUT2D eigenvalue weighted by molar-refractivity contribution is 7.15. The van der Waals surface area contributed by atoms with Crippen molar-refractivity contribution in [2.24, 2.45) is 5.92 Å². The molecule has 4 nitrogen and oxygen atoms in total. The van der Waals surface area contributed by atoms with Gasteiger partial charge < -0.3 is 9.63 Å². The van der Waals surface area contributed by atoms with Crippen LogP contribution in [0, 0.1) is 12.8 Å². The summed E-state index contributed by atoms with van der Waals surface area (Å²) < 4.78 is 42.6. The maximum atomic E-state index is 12.7. The average molecular weight is 332 g/mol. The van der Waals surface area contributed by atoms with Gasteiger partial charge in [0.25, 0.3) is 0 Å². The van der Waals surface area contributed by atoms with E-state index < -0.39 is 18.2 Å². The van der Waals surface area contributed by atoms with Gasteiger partial charge in [0.05, 0.1) is 4.88 Å². The number of alkyl halides is 3.